The van der Waals surface area contributed by atoms with Gasteiger partial charge in [0.1, 0.15) is 0 Å². The summed E-state index contributed by atoms with van der Waals surface area (Å²) < 4.78 is 15.9. The van der Waals surface area contributed by atoms with Gasteiger partial charge in [0.25, 0.3) is 11.6 Å². The van der Waals surface area contributed by atoms with E-state index in [1.165, 1.54) is 0 Å². The highest BCUT2D eigenvalue weighted by molar-refractivity contribution is 6.12. The van der Waals surface area contributed by atoms with E-state index in [9.17, 15) is 4.79 Å². The number of aromatic nitrogens is 2. The molecule has 0 saturated heterocycles. The molecule has 0 radical (unpaired) electrons. The van der Waals surface area contributed by atoms with Crippen molar-refractivity contribution in [2.24, 2.45) is 0 Å². The normalized spacial score (nSPS) is 12.8. The number of rotatable bonds is 3. The minimum absolute atomic E-state index is 0.159. The third-order valence-corrected chi connectivity index (χ3v) is 4.10. The first-order valence-electron chi connectivity index (χ1n) is 8.01. The molecule has 3 heterocycles. The van der Waals surface area contributed by atoms with E-state index in [0.717, 1.165) is 5.69 Å². The SMILES string of the molecule is Cc1noc2nc(C(C)C)cc(C(=O)Nc3ccc4c(c3)OCO4)c12. The van der Waals surface area contributed by atoms with Crippen LogP contribution in [0, 0.1) is 6.92 Å². The lowest BCUT2D eigenvalue weighted by atomic mass is 10.0. The van der Waals surface area contributed by atoms with Crippen molar-refractivity contribution >= 4 is 22.7 Å². The van der Waals surface area contributed by atoms with Gasteiger partial charge < -0.3 is 19.3 Å². The zero-order valence-electron chi connectivity index (χ0n) is 14.1. The number of hydrogen-bond acceptors (Lipinski definition) is 6. The van der Waals surface area contributed by atoms with Crippen LogP contribution in [-0.4, -0.2) is 22.8 Å². The molecule has 128 valence electrons. The molecule has 0 aliphatic carbocycles. The van der Waals surface area contributed by atoms with E-state index in [0.29, 0.717) is 39.5 Å². The number of anilines is 1. The summed E-state index contributed by atoms with van der Waals surface area (Å²) in [6, 6.07) is 7.07. The highest BCUT2D eigenvalue weighted by Crippen LogP contribution is 2.34. The van der Waals surface area contributed by atoms with Crippen molar-refractivity contribution in [3.8, 4) is 11.5 Å². The Morgan fingerprint density at radius 1 is 1.20 bits per heavy atom. The summed E-state index contributed by atoms with van der Waals surface area (Å²) in [5, 5.41) is 7.46. The molecule has 1 amide bonds. The standard InChI is InChI=1S/C18H17N3O4/c1-9(2)13-7-12(16-10(3)21-25-18(16)20-13)17(22)19-11-4-5-14-15(6-11)24-8-23-14/h4-7,9H,8H2,1-3H3,(H,19,22). The van der Waals surface area contributed by atoms with E-state index in [1.54, 1.807) is 31.2 Å². The van der Waals surface area contributed by atoms with Gasteiger partial charge in [0.2, 0.25) is 6.79 Å². The molecule has 0 atom stereocenters. The lowest BCUT2D eigenvalue weighted by molar-refractivity contribution is 0.102. The van der Waals surface area contributed by atoms with Crippen LogP contribution in [0.15, 0.2) is 28.8 Å². The Morgan fingerprint density at radius 2 is 2.00 bits per heavy atom. The molecule has 1 N–H and O–H groups in total. The number of pyridine rings is 1. The molecular weight excluding hydrogens is 322 g/mol. The van der Waals surface area contributed by atoms with E-state index in [4.69, 9.17) is 14.0 Å². The van der Waals surface area contributed by atoms with Gasteiger partial charge in [0.05, 0.1) is 16.6 Å². The average molecular weight is 339 g/mol. The third-order valence-electron chi connectivity index (χ3n) is 4.10. The molecule has 7 nitrogen and oxygen atoms in total. The number of fused-ring (bicyclic) bond motifs is 2. The number of aryl methyl sites for hydroxylation is 1. The predicted molar refractivity (Wildman–Crippen MR) is 91.1 cm³/mol. The molecule has 0 bridgehead atoms. The minimum atomic E-state index is -0.250. The molecule has 1 aliphatic rings. The van der Waals surface area contributed by atoms with Gasteiger partial charge in [-0.2, -0.15) is 0 Å². The second kappa shape index (κ2) is 5.77. The number of hydrogen-bond donors (Lipinski definition) is 1. The maximum absolute atomic E-state index is 12.9. The fourth-order valence-electron chi connectivity index (χ4n) is 2.76. The molecular formula is C18H17N3O4. The van der Waals surface area contributed by atoms with Gasteiger partial charge >= 0.3 is 0 Å². The first-order chi connectivity index (χ1) is 12.0. The van der Waals surface area contributed by atoms with Crippen molar-refractivity contribution in [2.75, 3.05) is 12.1 Å². The van der Waals surface area contributed by atoms with Crippen molar-refractivity contribution in [1.29, 1.82) is 0 Å². The van der Waals surface area contributed by atoms with Crippen LogP contribution >= 0.6 is 0 Å². The van der Waals surface area contributed by atoms with E-state index in [1.807, 2.05) is 13.8 Å². The van der Waals surface area contributed by atoms with Crippen molar-refractivity contribution in [3.05, 3.63) is 41.2 Å². The Labute approximate surface area is 143 Å². The minimum Gasteiger partial charge on any atom is -0.454 e. The van der Waals surface area contributed by atoms with Gasteiger partial charge in [-0.25, -0.2) is 4.98 Å². The summed E-state index contributed by atoms with van der Waals surface area (Å²) in [6.07, 6.45) is 0. The summed E-state index contributed by atoms with van der Waals surface area (Å²) in [6.45, 7) is 6.00. The van der Waals surface area contributed by atoms with Crippen LogP contribution in [0.3, 0.4) is 0 Å². The smallest absolute Gasteiger partial charge is 0.259 e. The topological polar surface area (TPSA) is 86.5 Å². The van der Waals surface area contributed by atoms with Gasteiger partial charge in [-0.1, -0.05) is 19.0 Å². The molecule has 2 aromatic heterocycles. The monoisotopic (exact) mass is 339 g/mol. The average Bonchev–Trinajstić information content (AvgIpc) is 3.20. The molecule has 4 rings (SSSR count). The number of nitrogens with one attached hydrogen (secondary N) is 1. The number of carbonyl (C=O) groups excluding carboxylic acids is 1. The zero-order valence-corrected chi connectivity index (χ0v) is 14.1. The Hall–Kier alpha value is -3.09. The highest BCUT2D eigenvalue weighted by Gasteiger charge is 2.21. The maximum Gasteiger partial charge on any atom is 0.259 e. The Kier molecular flexibility index (Phi) is 3.56. The van der Waals surface area contributed by atoms with E-state index in [2.05, 4.69) is 15.5 Å². The maximum atomic E-state index is 12.9. The van der Waals surface area contributed by atoms with Crippen LogP contribution < -0.4 is 14.8 Å². The highest BCUT2D eigenvalue weighted by atomic mass is 16.7. The summed E-state index contributed by atoms with van der Waals surface area (Å²) in [5.74, 6) is 1.19. The summed E-state index contributed by atoms with van der Waals surface area (Å²) in [5.41, 5.74) is 2.90. The number of carbonyl (C=O) groups is 1. The Bertz CT molecular complexity index is 978. The third kappa shape index (κ3) is 2.67. The summed E-state index contributed by atoms with van der Waals surface area (Å²) in [7, 11) is 0. The molecule has 0 spiro atoms. The van der Waals surface area contributed by atoms with Crippen molar-refractivity contribution in [1.82, 2.24) is 10.1 Å². The molecule has 0 saturated carbocycles. The van der Waals surface area contributed by atoms with Crippen LogP contribution in [0.2, 0.25) is 0 Å². The largest absolute Gasteiger partial charge is 0.454 e. The second-order valence-electron chi connectivity index (χ2n) is 6.22. The number of amides is 1. The molecule has 25 heavy (non-hydrogen) atoms. The van der Waals surface area contributed by atoms with Crippen LogP contribution in [0.25, 0.3) is 11.1 Å². The van der Waals surface area contributed by atoms with Gasteiger partial charge in [0, 0.05) is 17.4 Å². The predicted octanol–water partition coefficient (Wildman–Crippen LogP) is 3.64. The first kappa shape index (κ1) is 15.4. The number of benzene rings is 1. The lowest BCUT2D eigenvalue weighted by Crippen LogP contribution is -2.13. The van der Waals surface area contributed by atoms with Gasteiger partial charge in [-0.05, 0) is 31.0 Å². The molecule has 3 aromatic rings. The van der Waals surface area contributed by atoms with Crippen LogP contribution in [0.4, 0.5) is 5.69 Å². The Morgan fingerprint density at radius 3 is 2.80 bits per heavy atom. The summed E-state index contributed by atoms with van der Waals surface area (Å²) >= 11 is 0. The molecule has 7 heteroatoms. The zero-order chi connectivity index (χ0) is 17.6. The molecule has 1 aliphatic heterocycles. The van der Waals surface area contributed by atoms with Crippen LogP contribution in [0.5, 0.6) is 11.5 Å². The van der Waals surface area contributed by atoms with Gasteiger partial charge in [0.15, 0.2) is 11.5 Å². The second-order valence-corrected chi connectivity index (χ2v) is 6.22. The van der Waals surface area contributed by atoms with Crippen LogP contribution in [0.1, 0.15) is 41.5 Å². The molecule has 1 aromatic carbocycles. The quantitative estimate of drug-likeness (QED) is 0.784. The van der Waals surface area contributed by atoms with Gasteiger partial charge in [-0.3, -0.25) is 4.79 Å². The molecule has 0 fully saturated rings. The van der Waals surface area contributed by atoms with E-state index >= 15 is 0 Å². The van der Waals surface area contributed by atoms with Crippen LogP contribution in [-0.2, 0) is 0 Å². The van der Waals surface area contributed by atoms with E-state index in [-0.39, 0.29) is 18.6 Å². The fraction of sp³-hybridized carbons (Fsp3) is 0.278. The lowest BCUT2D eigenvalue weighted by Gasteiger charge is -2.10. The number of ether oxygens (including phenoxy) is 2. The van der Waals surface area contributed by atoms with E-state index < -0.39 is 0 Å². The first-order valence-corrected chi connectivity index (χ1v) is 8.01. The molecule has 0 unspecified atom stereocenters. The Balaban J connectivity index is 1.73. The summed E-state index contributed by atoms with van der Waals surface area (Å²) in [4.78, 5) is 17.3. The van der Waals surface area contributed by atoms with Crippen molar-refractivity contribution < 1.29 is 18.8 Å². The van der Waals surface area contributed by atoms with Crippen molar-refractivity contribution in [3.63, 3.8) is 0 Å². The van der Waals surface area contributed by atoms with Crippen molar-refractivity contribution in [2.45, 2.75) is 26.7 Å². The number of nitrogens with zero attached hydrogens (tertiary/aromatic N) is 2. The van der Waals surface area contributed by atoms with Gasteiger partial charge in [-0.15, -0.1) is 0 Å². The fourth-order valence-corrected chi connectivity index (χ4v) is 2.76.